The molecule has 1 heterocycles. The van der Waals surface area contributed by atoms with Gasteiger partial charge in [-0.05, 0) is 27.2 Å². The smallest absolute Gasteiger partial charge is 0.149 e. The van der Waals surface area contributed by atoms with Crippen molar-refractivity contribution >= 4 is 11.6 Å². The molecular formula is C12H22N4. The Morgan fingerprint density at radius 1 is 1.31 bits per heavy atom. The van der Waals surface area contributed by atoms with Crippen LogP contribution in [0, 0.1) is 0 Å². The molecule has 90 valence electrons. The number of hydrogen-bond acceptors (Lipinski definition) is 4. The van der Waals surface area contributed by atoms with Crippen molar-refractivity contribution in [3.05, 3.63) is 12.4 Å². The zero-order valence-corrected chi connectivity index (χ0v) is 10.7. The van der Waals surface area contributed by atoms with Gasteiger partial charge in [-0.1, -0.05) is 6.92 Å². The van der Waals surface area contributed by atoms with E-state index in [4.69, 9.17) is 0 Å². The average molecular weight is 222 g/mol. The molecule has 0 radical (unpaired) electrons. The molecule has 0 saturated heterocycles. The first-order valence-corrected chi connectivity index (χ1v) is 6.01. The van der Waals surface area contributed by atoms with Gasteiger partial charge in [0.15, 0.2) is 0 Å². The average Bonchev–Trinajstić information content (AvgIpc) is 2.27. The van der Waals surface area contributed by atoms with Crippen molar-refractivity contribution in [3.8, 4) is 0 Å². The monoisotopic (exact) mass is 222 g/mol. The Labute approximate surface area is 98.1 Å². The number of nitrogens with zero attached hydrogens (tertiary/aromatic N) is 3. The van der Waals surface area contributed by atoms with Crippen molar-refractivity contribution in [1.29, 1.82) is 0 Å². The molecule has 0 aliphatic carbocycles. The second kappa shape index (κ2) is 6.30. The van der Waals surface area contributed by atoms with Gasteiger partial charge in [0.25, 0.3) is 0 Å². The third kappa shape index (κ3) is 3.36. The Hall–Kier alpha value is -1.32. The van der Waals surface area contributed by atoms with E-state index in [1.165, 1.54) is 0 Å². The molecule has 0 spiro atoms. The van der Waals surface area contributed by atoms with Crippen LogP contribution in [0.3, 0.4) is 0 Å². The van der Waals surface area contributed by atoms with Crippen molar-refractivity contribution in [1.82, 2.24) is 9.97 Å². The maximum Gasteiger partial charge on any atom is 0.149 e. The summed E-state index contributed by atoms with van der Waals surface area (Å²) < 4.78 is 0. The van der Waals surface area contributed by atoms with Crippen LogP contribution < -0.4 is 10.2 Å². The highest BCUT2D eigenvalue weighted by molar-refractivity contribution is 5.44. The first-order valence-electron chi connectivity index (χ1n) is 6.01. The summed E-state index contributed by atoms with van der Waals surface area (Å²) in [4.78, 5) is 11.0. The van der Waals surface area contributed by atoms with E-state index in [2.05, 4.69) is 47.9 Å². The molecule has 1 aromatic heterocycles. The molecule has 16 heavy (non-hydrogen) atoms. The predicted octanol–water partition coefficient (Wildman–Crippen LogP) is 2.53. The van der Waals surface area contributed by atoms with Gasteiger partial charge >= 0.3 is 0 Å². The van der Waals surface area contributed by atoms with Crippen molar-refractivity contribution in [2.24, 2.45) is 0 Å². The number of aromatic nitrogens is 2. The molecule has 0 bridgehead atoms. The quantitative estimate of drug-likeness (QED) is 0.803. The second-order valence-electron chi connectivity index (χ2n) is 4.07. The molecule has 1 N–H and O–H groups in total. The van der Waals surface area contributed by atoms with Gasteiger partial charge in [0.1, 0.15) is 11.6 Å². The topological polar surface area (TPSA) is 41.1 Å². The summed E-state index contributed by atoms with van der Waals surface area (Å²) >= 11 is 0. The van der Waals surface area contributed by atoms with Gasteiger partial charge in [0.2, 0.25) is 0 Å². The highest BCUT2D eigenvalue weighted by Gasteiger charge is 2.10. The van der Waals surface area contributed by atoms with Gasteiger partial charge in [0.05, 0.1) is 12.4 Å². The zero-order chi connectivity index (χ0) is 12.0. The summed E-state index contributed by atoms with van der Waals surface area (Å²) in [5.41, 5.74) is 0. The van der Waals surface area contributed by atoms with E-state index in [9.17, 15) is 0 Å². The Morgan fingerprint density at radius 2 is 2.06 bits per heavy atom. The molecule has 1 rings (SSSR count). The minimum absolute atomic E-state index is 0.445. The maximum absolute atomic E-state index is 4.56. The number of anilines is 2. The standard InChI is InChI=1S/C12H22N4/c1-5-7-14-11-8-13-9-12(15-11)16(6-2)10(3)4/h8-10H,5-7H2,1-4H3,(H,14,15). The van der Waals surface area contributed by atoms with E-state index in [1.54, 1.807) is 6.20 Å². The summed E-state index contributed by atoms with van der Waals surface area (Å²) in [6.07, 6.45) is 4.68. The van der Waals surface area contributed by atoms with Crippen LogP contribution in [0.5, 0.6) is 0 Å². The number of rotatable bonds is 6. The molecule has 0 unspecified atom stereocenters. The molecule has 4 heteroatoms. The number of nitrogens with one attached hydrogen (secondary N) is 1. The van der Waals surface area contributed by atoms with E-state index in [-0.39, 0.29) is 0 Å². The van der Waals surface area contributed by atoms with Gasteiger partial charge in [-0.3, -0.25) is 4.98 Å². The second-order valence-corrected chi connectivity index (χ2v) is 4.07. The number of hydrogen-bond donors (Lipinski definition) is 1. The van der Waals surface area contributed by atoms with Crippen LogP contribution in [0.25, 0.3) is 0 Å². The van der Waals surface area contributed by atoms with E-state index >= 15 is 0 Å². The normalized spacial score (nSPS) is 10.6. The molecule has 0 aliphatic rings. The first kappa shape index (κ1) is 12.7. The Bertz CT molecular complexity index is 312. The highest BCUT2D eigenvalue weighted by Crippen LogP contribution is 2.14. The molecule has 4 nitrogen and oxygen atoms in total. The molecule has 0 amide bonds. The van der Waals surface area contributed by atoms with E-state index in [1.807, 2.05) is 6.20 Å². The third-order valence-corrected chi connectivity index (χ3v) is 2.44. The minimum atomic E-state index is 0.445. The van der Waals surface area contributed by atoms with Crippen molar-refractivity contribution in [3.63, 3.8) is 0 Å². The fraction of sp³-hybridized carbons (Fsp3) is 0.667. The largest absolute Gasteiger partial charge is 0.369 e. The predicted molar refractivity (Wildman–Crippen MR) is 69.0 cm³/mol. The van der Waals surface area contributed by atoms with Crippen LogP contribution in [0.1, 0.15) is 34.1 Å². The SMILES string of the molecule is CCCNc1cncc(N(CC)C(C)C)n1. The fourth-order valence-corrected chi connectivity index (χ4v) is 1.62. The summed E-state index contributed by atoms with van der Waals surface area (Å²) in [5.74, 6) is 1.80. The van der Waals surface area contributed by atoms with Crippen molar-refractivity contribution in [2.45, 2.75) is 40.2 Å². The molecule has 0 atom stereocenters. The lowest BCUT2D eigenvalue weighted by atomic mass is 10.3. The summed E-state index contributed by atoms with van der Waals surface area (Å²) in [6, 6.07) is 0.445. The van der Waals surface area contributed by atoms with Crippen LogP contribution in [0.2, 0.25) is 0 Å². The van der Waals surface area contributed by atoms with E-state index in [0.717, 1.165) is 31.1 Å². The van der Waals surface area contributed by atoms with Gasteiger partial charge in [0, 0.05) is 19.1 Å². The summed E-state index contributed by atoms with van der Waals surface area (Å²) in [5, 5.41) is 3.25. The fourth-order valence-electron chi connectivity index (χ4n) is 1.62. The van der Waals surface area contributed by atoms with Crippen LogP contribution in [0.4, 0.5) is 11.6 Å². The molecule has 0 saturated carbocycles. The maximum atomic E-state index is 4.56. The molecule has 0 aromatic carbocycles. The minimum Gasteiger partial charge on any atom is -0.369 e. The highest BCUT2D eigenvalue weighted by atomic mass is 15.2. The first-order chi connectivity index (χ1) is 7.69. The Morgan fingerprint density at radius 3 is 2.62 bits per heavy atom. The lowest BCUT2D eigenvalue weighted by Crippen LogP contribution is -2.31. The van der Waals surface area contributed by atoms with Crippen LogP contribution in [-0.4, -0.2) is 29.1 Å². The Balaban J connectivity index is 2.79. The molecule has 1 aromatic rings. The lowest BCUT2D eigenvalue weighted by molar-refractivity contribution is 0.691. The Kier molecular flexibility index (Phi) is 5.02. The van der Waals surface area contributed by atoms with Gasteiger partial charge < -0.3 is 10.2 Å². The van der Waals surface area contributed by atoms with Crippen molar-refractivity contribution < 1.29 is 0 Å². The van der Waals surface area contributed by atoms with E-state index < -0.39 is 0 Å². The van der Waals surface area contributed by atoms with Crippen molar-refractivity contribution in [2.75, 3.05) is 23.3 Å². The van der Waals surface area contributed by atoms with Crippen LogP contribution >= 0.6 is 0 Å². The van der Waals surface area contributed by atoms with E-state index in [0.29, 0.717) is 6.04 Å². The molecule has 0 aliphatic heterocycles. The summed E-state index contributed by atoms with van der Waals surface area (Å²) in [6.45, 7) is 10.5. The molecular weight excluding hydrogens is 200 g/mol. The van der Waals surface area contributed by atoms with Gasteiger partial charge in [-0.25, -0.2) is 4.98 Å². The summed E-state index contributed by atoms with van der Waals surface area (Å²) in [7, 11) is 0. The third-order valence-electron chi connectivity index (χ3n) is 2.44. The lowest BCUT2D eigenvalue weighted by Gasteiger charge is -2.26. The van der Waals surface area contributed by atoms with Crippen LogP contribution in [-0.2, 0) is 0 Å². The van der Waals surface area contributed by atoms with Gasteiger partial charge in [-0.2, -0.15) is 0 Å². The van der Waals surface area contributed by atoms with Gasteiger partial charge in [-0.15, -0.1) is 0 Å². The molecule has 0 fully saturated rings. The van der Waals surface area contributed by atoms with Crippen LogP contribution in [0.15, 0.2) is 12.4 Å². The zero-order valence-electron chi connectivity index (χ0n) is 10.7.